The Bertz CT molecular complexity index is 4030. The molecular formula is C72H66N4OSi. The molecule has 6 heteroatoms. The van der Waals surface area contributed by atoms with E-state index in [-0.39, 0.29) is 16.2 Å². The number of aromatic nitrogens is 2. The van der Waals surface area contributed by atoms with E-state index in [2.05, 4.69) is 295 Å². The smallest absolute Gasteiger partial charge is 0.181 e. The molecule has 0 saturated heterocycles. The Hall–Kier alpha value is -8.45. The van der Waals surface area contributed by atoms with Crippen molar-refractivity contribution in [2.24, 2.45) is 0 Å². The molecule has 2 aliphatic heterocycles. The van der Waals surface area contributed by atoms with Gasteiger partial charge in [-0.2, -0.15) is 0 Å². The highest BCUT2D eigenvalue weighted by Crippen LogP contribution is 2.51. The van der Waals surface area contributed by atoms with Crippen molar-refractivity contribution in [3.8, 4) is 39.6 Å². The van der Waals surface area contributed by atoms with Crippen LogP contribution in [-0.2, 0) is 16.2 Å². The van der Waals surface area contributed by atoms with Gasteiger partial charge in [-0.05, 0) is 113 Å². The summed E-state index contributed by atoms with van der Waals surface area (Å²) >= 11 is 0. The molecule has 0 saturated carbocycles. The predicted octanol–water partition coefficient (Wildman–Crippen LogP) is 16.1. The fraction of sp³-hybridized carbons (Fsp3) is 0.181. The maximum absolute atomic E-state index is 7.32. The molecule has 0 bridgehead atoms. The van der Waals surface area contributed by atoms with E-state index < -0.39 is 8.07 Å². The summed E-state index contributed by atoms with van der Waals surface area (Å²) in [6, 6.07) is 81.0. The third-order valence-electron chi connectivity index (χ3n) is 16.4. The van der Waals surface area contributed by atoms with Gasteiger partial charge in [-0.15, -0.1) is 0 Å². The van der Waals surface area contributed by atoms with Crippen molar-refractivity contribution >= 4 is 73.4 Å². The summed E-state index contributed by atoms with van der Waals surface area (Å²) in [6.45, 7) is 21.3. The van der Waals surface area contributed by atoms with Crippen LogP contribution in [0.2, 0.25) is 0 Å². The van der Waals surface area contributed by atoms with Crippen LogP contribution < -0.4 is 35.3 Å². The van der Waals surface area contributed by atoms with Crippen LogP contribution in [0.25, 0.3) is 49.9 Å². The standard InChI is InChI=1S/C72H66N4OSi/c1-70(2,3)50-38-39-73-66(43-50)76-62-36-23-37-64-67(62)68-63(76)45-55(46-65(68)78(64,56-28-15-11-16-29-56)57-30-17-12-18-31-57)77-54-27-21-26-53(44-54)74-47-75(61-35-20-19-34-60(61)74)69-58(48-24-13-10-14-25-48)32-22-33-59(69)49-40-51(71(4,5)6)42-52(41-49)72(7,8)9/h10-46H,47H2,1-9H3. The number of rotatable bonds is 9. The summed E-state index contributed by atoms with van der Waals surface area (Å²) < 4.78 is 9.70. The largest absolute Gasteiger partial charge is 0.457 e. The molecule has 0 radical (unpaired) electrons. The number of ether oxygens (including phenoxy) is 1. The van der Waals surface area contributed by atoms with E-state index in [1.165, 1.54) is 76.2 Å². The third kappa shape index (κ3) is 8.07. The molecule has 0 unspecified atom stereocenters. The van der Waals surface area contributed by atoms with Gasteiger partial charge in [0.1, 0.15) is 24.0 Å². The van der Waals surface area contributed by atoms with Gasteiger partial charge in [-0.3, -0.25) is 4.57 Å². The first kappa shape index (κ1) is 49.1. The Labute approximate surface area is 461 Å². The molecule has 5 nitrogen and oxygen atoms in total. The van der Waals surface area contributed by atoms with E-state index >= 15 is 0 Å². The molecule has 78 heavy (non-hydrogen) atoms. The van der Waals surface area contributed by atoms with Crippen molar-refractivity contribution in [1.29, 1.82) is 0 Å². The predicted molar refractivity (Wildman–Crippen MR) is 331 cm³/mol. The van der Waals surface area contributed by atoms with Gasteiger partial charge in [0.05, 0.1) is 28.1 Å². The number of anilines is 4. The summed E-state index contributed by atoms with van der Waals surface area (Å²) in [5.41, 5.74) is 15.4. The number of hydrogen-bond donors (Lipinski definition) is 0. The normalized spacial score (nSPS) is 14.0. The molecule has 11 aromatic rings. The molecule has 0 spiro atoms. The van der Waals surface area contributed by atoms with Crippen molar-refractivity contribution in [2.45, 2.75) is 78.6 Å². The topological polar surface area (TPSA) is 33.5 Å². The van der Waals surface area contributed by atoms with Crippen molar-refractivity contribution in [3.05, 3.63) is 241 Å². The van der Waals surface area contributed by atoms with Crippen molar-refractivity contribution in [1.82, 2.24) is 9.55 Å². The summed E-state index contributed by atoms with van der Waals surface area (Å²) in [5, 5.41) is 8.03. The maximum atomic E-state index is 7.32. The van der Waals surface area contributed by atoms with Gasteiger partial charge in [-0.1, -0.05) is 220 Å². The minimum atomic E-state index is -2.87. The fourth-order valence-electron chi connectivity index (χ4n) is 12.4. The Morgan fingerprint density at radius 3 is 1.63 bits per heavy atom. The molecule has 0 aliphatic carbocycles. The molecule has 9 aromatic carbocycles. The van der Waals surface area contributed by atoms with Crippen LogP contribution in [0.4, 0.5) is 22.7 Å². The van der Waals surface area contributed by atoms with E-state index in [0.29, 0.717) is 6.67 Å². The molecule has 4 heterocycles. The SMILES string of the molecule is CC(C)(C)c1cc(-c2cccc(-c3ccccc3)c2N2CN(c3cccc(Oc4cc5c6c7c(cccc7n(-c7cc(C(C)(C)C)ccn7)c6c4)[Si]5(c4ccccc4)c4ccccc4)c3)c3ccccc32)cc(C(C)(C)C)c1. The van der Waals surface area contributed by atoms with Crippen LogP contribution in [0.1, 0.15) is 79.0 Å². The second-order valence-corrected chi connectivity index (χ2v) is 28.2. The summed E-state index contributed by atoms with van der Waals surface area (Å²) in [7, 11) is -2.87. The van der Waals surface area contributed by atoms with Gasteiger partial charge >= 0.3 is 0 Å². The van der Waals surface area contributed by atoms with Crippen molar-refractivity contribution in [3.63, 3.8) is 0 Å². The summed E-state index contributed by atoms with van der Waals surface area (Å²) in [4.78, 5) is 10.1. The van der Waals surface area contributed by atoms with E-state index in [4.69, 9.17) is 9.72 Å². The van der Waals surface area contributed by atoms with Crippen LogP contribution in [-0.4, -0.2) is 24.3 Å². The highest BCUT2D eigenvalue weighted by atomic mass is 28.3. The van der Waals surface area contributed by atoms with Gasteiger partial charge in [-0.25, -0.2) is 4.98 Å². The lowest BCUT2D eigenvalue weighted by atomic mass is 9.78. The number of benzene rings is 9. The highest BCUT2D eigenvalue weighted by molar-refractivity contribution is 7.23. The van der Waals surface area contributed by atoms with Gasteiger partial charge in [0, 0.05) is 45.9 Å². The summed E-state index contributed by atoms with van der Waals surface area (Å²) in [5.74, 6) is 2.47. The van der Waals surface area contributed by atoms with Crippen LogP contribution in [0.5, 0.6) is 11.5 Å². The number of hydrogen-bond acceptors (Lipinski definition) is 4. The molecule has 384 valence electrons. The second-order valence-electron chi connectivity index (χ2n) is 24.5. The number of nitrogens with zero attached hydrogens (tertiary/aromatic N) is 4. The number of pyridine rings is 1. The maximum Gasteiger partial charge on any atom is 0.181 e. The monoisotopic (exact) mass is 1030 g/mol. The third-order valence-corrected chi connectivity index (χ3v) is 21.2. The number of para-hydroxylation sites is 3. The minimum absolute atomic E-state index is 0.0351. The molecular weight excluding hydrogens is 965 g/mol. The van der Waals surface area contributed by atoms with E-state index in [1.807, 2.05) is 6.20 Å². The summed E-state index contributed by atoms with van der Waals surface area (Å²) in [6.07, 6.45) is 1.97. The quantitative estimate of drug-likeness (QED) is 0.135. The molecule has 13 rings (SSSR count). The van der Waals surface area contributed by atoms with Crippen LogP contribution >= 0.6 is 0 Å². The van der Waals surface area contributed by atoms with E-state index in [9.17, 15) is 0 Å². The lowest BCUT2D eigenvalue weighted by Crippen LogP contribution is -2.73. The highest BCUT2D eigenvalue weighted by Gasteiger charge is 2.49. The second kappa shape index (κ2) is 18.4. The minimum Gasteiger partial charge on any atom is -0.457 e. The first-order valence-corrected chi connectivity index (χ1v) is 29.5. The molecule has 0 fully saturated rings. The molecule has 0 N–H and O–H groups in total. The molecule has 0 atom stereocenters. The first-order valence-electron chi connectivity index (χ1n) is 27.5. The van der Waals surface area contributed by atoms with Gasteiger partial charge < -0.3 is 14.5 Å². The van der Waals surface area contributed by atoms with Crippen LogP contribution in [0, 0.1) is 0 Å². The van der Waals surface area contributed by atoms with E-state index in [0.717, 1.165) is 45.4 Å². The van der Waals surface area contributed by atoms with Crippen LogP contribution in [0.15, 0.2) is 225 Å². The zero-order valence-electron chi connectivity index (χ0n) is 46.3. The zero-order valence-corrected chi connectivity index (χ0v) is 47.3. The van der Waals surface area contributed by atoms with Crippen LogP contribution in [0.3, 0.4) is 0 Å². The van der Waals surface area contributed by atoms with Gasteiger partial charge in [0.15, 0.2) is 8.07 Å². The average molecular weight is 1030 g/mol. The van der Waals surface area contributed by atoms with Gasteiger partial charge in [0.25, 0.3) is 0 Å². The van der Waals surface area contributed by atoms with Gasteiger partial charge in [0.2, 0.25) is 0 Å². The first-order chi connectivity index (χ1) is 37.6. The zero-order chi connectivity index (χ0) is 53.7. The Balaban J connectivity index is 0.962. The van der Waals surface area contributed by atoms with Crippen molar-refractivity contribution in [2.75, 3.05) is 16.5 Å². The Morgan fingerprint density at radius 1 is 0.423 bits per heavy atom. The van der Waals surface area contributed by atoms with E-state index in [1.54, 1.807) is 0 Å². The molecule has 0 amide bonds. The molecule has 2 aliphatic rings. The lowest BCUT2D eigenvalue weighted by Gasteiger charge is -2.32. The lowest BCUT2D eigenvalue weighted by molar-refractivity contribution is 0.484. The Morgan fingerprint density at radius 2 is 0.987 bits per heavy atom. The fourth-order valence-corrected chi connectivity index (χ4v) is 17.6. The number of fused-ring (bicyclic) bond motifs is 1. The molecule has 2 aromatic heterocycles. The van der Waals surface area contributed by atoms with Crippen molar-refractivity contribution < 1.29 is 4.74 Å². The average Bonchev–Trinajstić information content (AvgIpc) is 3.31. The Kier molecular flexibility index (Phi) is 11.6.